The first-order valence-electron chi connectivity index (χ1n) is 5.22. The Kier molecular flexibility index (Phi) is 3.66. The van der Waals surface area contributed by atoms with Gasteiger partial charge in [0.1, 0.15) is 5.75 Å². The van der Waals surface area contributed by atoms with Gasteiger partial charge >= 0.3 is 0 Å². The summed E-state index contributed by atoms with van der Waals surface area (Å²) >= 11 is 5.62. The van der Waals surface area contributed by atoms with Gasteiger partial charge in [-0.25, -0.2) is 8.78 Å². The lowest BCUT2D eigenvalue weighted by atomic mass is 10.2. The number of carbonyl (C=O) groups is 1. The summed E-state index contributed by atoms with van der Waals surface area (Å²) in [5.41, 5.74) is 0.255. The number of amides is 1. The normalized spacial score (nSPS) is 10.3. The Balaban J connectivity index is 2.20. The van der Waals surface area contributed by atoms with Gasteiger partial charge in [0, 0.05) is 17.3 Å². The second-order valence-corrected chi connectivity index (χ2v) is 4.16. The van der Waals surface area contributed by atoms with E-state index in [0.29, 0.717) is 0 Å². The molecule has 0 radical (unpaired) electrons. The molecule has 1 amide bonds. The molecule has 6 heteroatoms. The van der Waals surface area contributed by atoms with E-state index in [-0.39, 0.29) is 22.0 Å². The molecule has 0 aliphatic heterocycles. The molecule has 0 saturated heterocycles. The standard InChI is InChI=1S/C13H8ClF2NO2/c14-9-3-2-8(6-12(9)18)17-13(19)7-1-4-10(15)11(16)5-7/h1-6,18H,(H,17,19). The van der Waals surface area contributed by atoms with Crippen molar-refractivity contribution >= 4 is 23.2 Å². The SMILES string of the molecule is O=C(Nc1ccc(Cl)c(O)c1)c1ccc(F)c(F)c1. The van der Waals surface area contributed by atoms with Crippen LogP contribution in [0, 0.1) is 11.6 Å². The lowest BCUT2D eigenvalue weighted by Crippen LogP contribution is -2.12. The molecule has 3 nitrogen and oxygen atoms in total. The Hall–Kier alpha value is -2.14. The lowest BCUT2D eigenvalue weighted by Gasteiger charge is -2.06. The summed E-state index contributed by atoms with van der Waals surface area (Å²) in [6.45, 7) is 0. The highest BCUT2D eigenvalue weighted by Gasteiger charge is 2.10. The highest BCUT2D eigenvalue weighted by molar-refractivity contribution is 6.32. The summed E-state index contributed by atoms with van der Waals surface area (Å²) in [6, 6.07) is 6.94. The molecular weight excluding hydrogens is 276 g/mol. The first kappa shape index (κ1) is 13.3. The highest BCUT2D eigenvalue weighted by atomic mass is 35.5. The largest absolute Gasteiger partial charge is 0.506 e. The lowest BCUT2D eigenvalue weighted by molar-refractivity contribution is 0.102. The first-order chi connectivity index (χ1) is 8.97. The third kappa shape index (κ3) is 3.00. The minimum atomic E-state index is -1.10. The molecule has 0 saturated carbocycles. The van der Waals surface area contributed by atoms with Crippen molar-refractivity contribution in [3.05, 3.63) is 58.6 Å². The summed E-state index contributed by atoms with van der Waals surface area (Å²) in [5, 5.41) is 11.9. The molecule has 0 aliphatic rings. The van der Waals surface area contributed by atoms with Crippen molar-refractivity contribution in [3.63, 3.8) is 0 Å². The van der Waals surface area contributed by atoms with Gasteiger partial charge in [-0.1, -0.05) is 11.6 Å². The molecule has 0 bridgehead atoms. The number of phenols is 1. The molecule has 0 heterocycles. The van der Waals surface area contributed by atoms with Gasteiger partial charge < -0.3 is 10.4 Å². The number of anilines is 1. The number of nitrogens with one attached hydrogen (secondary N) is 1. The van der Waals surface area contributed by atoms with Gasteiger partial charge in [-0.2, -0.15) is 0 Å². The molecule has 2 aromatic carbocycles. The van der Waals surface area contributed by atoms with Crippen molar-refractivity contribution in [1.82, 2.24) is 0 Å². The molecule has 19 heavy (non-hydrogen) atoms. The molecule has 0 aromatic heterocycles. The fraction of sp³-hybridized carbons (Fsp3) is 0. The van der Waals surface area contributed by atoms with Crippen molar-refractivity contribution in [1.29, 1.82) is 0 Å². The highest BCUT2D eigenvalue weighted by Crippen LogP contribution is 2.26. The average Bonchev–Trinajstić information content (AvgIpc) is 2.37. The summed E-state index contributed by atoms with van der Waals surface area (Å²) in [5.74, 6) is -2.95. The van der Waals surface area contributed by atoms with Crippen LogP contribution in [0.4, 0.5) is 14.5 Å². The zero-order chi connectivity index (χ0) is 14.0. The minimum Gasteiger partial charge on any atom is -0.506 e. The van der Waals surface area contributed by atoms with Crippen molar-refractivity contribution in [3.8, 4) is 5.75 Å². The van der Waals surface area contributed by atoms with E-state index in [2.05, 4.69) is 5.32 Å². The third-order valence-electron chi connectivity index (χ3n) is 2.39. The van der Waals surface area contributed by atoms with Crippen LogP contribution >= 0.6 is 11.6 Å². The van der Waals surface area contributed by atoms with E-state index in [1.165, 1.54) is 18.2 Å². The second kappa shape index (κ2) is 5.24. The van der Waals surface area contributed by atoms with E-state index in [0.717, 1.165) is 18.2 Å². The van der Waals surface area contributed by atoms with E-state index < -0.39 is 17.5 Å². The quantitative estimate of drug-likeness (QED) is 0.885. The van der Waals surface area contributed by atoms with E-state index in [9.17, 15) is 18.7 Å². The van der Waals surface area contributed by atoms with E-state index in [1.807, 2.05) is 0 Å². The zero-order valence-corrected chi connectivity index (χ0v) is 10.2. The summed E-state index contributed by atoms with van der Waals surface area (Å²) < 4.78 is 25.7. The maximum absolute atomic E-state index is 13.0. The number of rotatable bonds is 2. The van der Waals surface area contributed by atoms with Crippen LogP contribution in [-0.4, -0.2) is 11.0 Å². The topological polar surface area (TPSA) is 49.3 Å². The van der Waals surface area contributed by atoms with Gasteiger partial charge in [-0.05, 0) is 30.3 Å². The third-order valence-corrected chi connectivity index (χ3v) is 2.71. The summed E-state index contributed by atoms with van der Waals surface area (Å²) in [6.07, 6.45) is 0. The Morgan fingerprint density at radius 3 is 2.47 bits per heavy atom. The molecule has 2 aromatic rings. The second-order valence-electron chi connectivity index (χ2n) is 3.75. The fourth-order valence-electron chi connectivity index (χ4n) is 1.43. The van der Waals surface area contributed by atoms with Crippen LogP contribution in [0.5, 0.6) is 5.75 Å². The van der Waals surface area contributed by atoms with Crippen LogP contribution in [0.15, 0.2) is 36.4 Å². The molecule has 0 atom stereocenters. The Bertz CT molecular complexity index is 647. The van der Waals surface area contributed by atoms with Crippen molar-refractivity contribution in [2.24, 2.45) is 0 Å². The van der Waals surface area contributed by atoms with Crippen molar-refractivity contribution < 1.29 is 18.7 Å². The molecule has 0 unspecified atom stereocenters. The predicted octanol–water partition coefficient (Wildman–Crippen LogP) is 3.58. The van der Waals surface area contributed by atoms with Gasteiger partial charge in [-0.3, -0.25) is 4.79 Å². The van der Waals surface area contributed by atoms with E-state index in [1.54, 1.807) is 0 Å². The maximum Gasteiger partial charge on any atom is 0.255 e. The molecule has 0 fully saturated rings. The van der Waals surface area contributed by atoms with Gasteiger partial charge in [0.2, 0.25) is 0 Å². The minimum absolute atomic E-state index is 0.0339. The van der Waals surface area contributed by atoms with Crippen LogP contribution in [0.25, 0.3) is 0 Å². The van der Waals surface area contributed by atoms with Crippen LogP contribution in [0.3, 0.4) is 0 Å². The monoisotopic (exact) mass is 283 g/mol. The molecule has 0 aliphatic carbocycles. The number of benzene rings is 2. The Morgan fingerprint density at radius 1 is 1.11 bits per heavy atom. The molecule has 2 N–H and O–H groups in total. The summed E-state index contributed by atoms with van der Waals surface area (Å²) in [7, 11) is 0. The van der Waals surface area contributed by atoms with Crippen LogP contribution in [0.2, 0.25) is 5.02 Å². The van der Waals surface area contributed by atoms with Gasteiger partial charge in [0.05, 0.1) is 5.02 Å². The molecule has 0 spiro atoms. The van der Waals surface area contributed by atoms with Gasteiger partial charge in [0.15, 0.2) is 11.6 Å². The maximum atomic E-state index is 13.0. The van der Waals surface area contributed by atoms with Crippen molar-refractivity contribution in [2.45, 2.75) is 0 Å². The number of hydrogen-bond donors (Lipinski definition) is 2. The smallest absolute Gasteiger partial charge is 0.255 e. The van der Waals surface area contributed by atoms with E-state index >= 15 is 0 Å². The molecule has 98 valence electrons. The number of halogens is 3. The van der Waals surface area contributed by atoms with Gasteiger partial charge in [-0.15, -0.1) is 0 Å². The number of carbonyl (C=O) groups excluding carboxylic acids is 1. The Morgan fingerprint density at radius 2 is 1.84 bits per heavy atom. The van der Waals surface area contributed by atoms with Crippen LogP contribution in [-0.2, 0) is 0 Å². The Labute approximate surface area is 112 Å². The first-order valence-corrected chi connectivity index (χ1v) is 5.60. The molecule has 2 rings (SSSR count). The summed E-state index contributed by atoms with van der Waals surface area (Å²) in [4.78, 5) is 11.8. The van der Waals surface area contributed by atoms with Crippen LogP contribution in [0.1, 0.15) is 10.4 Å². The average molecular weight is 284 g/mol. The van der Waals surface area contributed by atoms with E-state index in [4.69, 9.17) is 11.6 Å². The number of hydrogen-bond acceptors (Lipinski definition) is 2. The number of aromatic hydroxyl groups is 1. The zero-order valence-electron chi connectivity index (χ0n) is 9.45. The van der Waals surface area contributed by atoms with Crippen LogP contribution < -0.4 is 5.32 Å². The van der Waals surface area contributed by atoms with Crippen molar-refractivity contribution in [2.75, 3.05) is 5.32 Å². The number of phenolic OH excluding ortho intramolecular Hbond substituents is 1. The fourth-order valence-corrected chi connectivity index (χ4v) is 1.55. The van der Waals surface area contributed by atoms with Gasteiger partial charge in [0.25, 0.3) is 5.91 Å². The molecular formula is C13H8ClF2NO2. The predicted molar refractivity (Wildman–Crippen MR) is 67.4 cm³/mol.